The molecule has 80 valence electrons. The monoisotopic (exact) mass is 211 g/mol. The van der Waals surface area contributed by atoms with Crippen LogP contribution in [-0.2, 0) is 4.79 Å². The Bertz CT molecular complexity index is 376. The van der Waals surface area contributed by atoms with E-state index in [1.807, 2.05) is 0 Å². The van der Waals surface area contributed by atoms with E-state index in [0.717, 1.165) is 0 Å². The predicted octanol–water partition coefficient (Wildman–Crippen LogP) is 0.511. The van der Waals surface area contributed by atoms with Crippen molar-refractivity contribution in [2.75, 3.05) is 18.5 Å². The lowest BCUT2D eigenvalue weighted by atomic mass is 10.3. The van der Waals surface area contributed by atoms with Gasteiger partial charge in [0.15, 0.2) is 6.20 Å². The summed E-state index contributed by atoms with van der Waals surface area (Å²) in [7, 11) is 1.57. The highest BCUT2D eigenvalue weighted by molar-refractivity contribution is 5.73. The van der Waals surface area contributed by atoms with Crippen LogP contribution in [0, 0.1) is 10.1 Å². The molecule has 0 aliphatic carbocycles. The molecule has 1 rings (SSSR count). The van der Waals surface area contributed by atoms with Crippen LogP contribution in [0.3, 0.4) is 0 Å². The van der Waals surface area contributed by atoms with Crippen molar-refractivity contribution < 1.29 is 14.8 Å². The van der Waals surface area contributed by atoms with Gasteiger partial charge in [-0.3, -0.25) is 4.79 Å². The van der Waals surface area contributed by atoms with E-state index in [1.165, 1.54) is 23.2 Å². The third kappa shape index (κ3) is 2.90. The fourth-order valence-corrected chi connectivity index (χ4v) is 1.01. The highest BCUT2D eigenvalue weighted by Crippen LogP contribution is 2.14. The van der Waals surface area contributed by atoms with Crippen molar-refractivity contribution in [3.63, 3.8) is 0 Å². The minimum atomic E-state index is -0.976. The SMILES string of the molecule is CN(CC(=O)O)c1ccc([N+](=O)[O-])nc1. The van der Waals surface area contributed by atoms with Crippen molar-refractivity contribution in [1.82, 2.24) is 4.98 Å². The zero-order chi connectivity index (χ0) is 11.4. The average Bonchev–Trinajstić information content (AvgIpc) is 2.17. The summed E-state index contributed by atoms with van der Waals surface area (Å²) < 4.78 is 0. The van der Waals surface area contributed by atoms with Crippen LogP contribution in [0.2, 0.25) is 0 Å². The Morgan fingerprint density at radius 2 is 2.33 bits per heavy atom. The number of aromatic nitrogens is 1. The van der Waals surface area contributed by atoms with Gasteiger partial charge >= 0.3 is 11.8 Å². The van der Waals surface area contributed by atoms with Gasteiger partial charge in [0.2, 0.25) is 0 Å². The zero-order valence-electron chi connectivity index (χ0n) is 7.95. The molecule has 0 radical (unpaired) electrons. The van der Waals surface area contributed by atoms with E-state index in [-0.39, 0.29) is 12.4 Å². The summed E-state index contributed by atoms with van der Waals surface area (Å²) >= 11 is 0. The van der Waals surface area contributed by atoms with Crippen LogP contribution in [0.4, 0.5) is 11.5 Å². The van der Waals surface area contributed by atoms with Crippen molar-refractivity contribution in [1.29, 1.82) is 0 Å². The maximum Gasteiger partial charge on any atom is 0.363 e. The maximum atomic E-state index is 10.4. The van der Waals surface area contributed by atoms with Crippen molar-refractivity contribution in [3.05, 3.63) is 28.4 Å². The number of rotatable bonds is 4. The van der Waals surface area contributed by atoms with Crippen molar-refractivity contribution in [2.24, 2.45) is 0 Å². The van der Waals surface area contributed by atoms with Crippen LogP contribution >= 0.6 is 0 Å². The molecule has 0 atom stereocenters. The summed E-state index contributed by atoms with van der Waals surface area (Å²) in [5, 5.41) is 18.8. The van der Waals surface area contributed by atoms with E-state index < -0.39 is 10.9 Å². The first-order valence-electron chi connectivity index (χ1n) is 4.04. The number of nitro groups is 1. The van der Waals surface area contributed by atoms with E-state index in [2.05, 4.69) is 4.98 Å². The quantitative estimate of drug-likeness (QED) is 0.575. The summed E-state index contributed by atoms with van der Waals surface area (Å²) in [4.78, 5) is 25.1. The Morgan fingerprint density at radius 1 is 1.67 bits per heavy atom. The minimum absolute atomic E-state index is 0.181. The molecule has 0 aromatic carbocycles. The fraction of sp³-hybridized carbons (Fsp3) is 0.250. The minimum Gasteiger partial charge on any atom is -0.480 e. The number of pyridine rings is 1. The molecule has 15 heavy (non-hydrogen) atoms. The average molecular weight is 211 g/mol. The molecule has 0 saturated heterocycles. The molecule has 1 heterocycles. The van der Waals surface area contributed by atoms with Crippen LogP contribution in [0.15, 0.2) is 18.3 Å². The summed E-state index contributed by atoms with van der Waals surface area (Å²) in [5.74, 6) is -1.24. The summed E-state index contributed by atoms with van der Waals surface area (Å²) in [6, 6.07) is 2.68. The van der Waals surface area contributed by atoms with Crippen molar-refractivity contribution in [2.45, 2.75) is 0 Å². The number of nitrogens with zero attached hydrogens (tertiary/aromatic N) is 3. The third-order valence-electron chi connectivity index (χ3n) is 1.73. The van der Waals surface area contributed by atoms with Crippen LogP contribution in [-0.4, -0.2) is 34.6 Å². The number of carboxylic acids is 1. The third-order valence-corrected chi connectivity index (χ3v) is 1.73. The number of hydrogen-bond acceptors (Lipinski definition) is 5. The van der Waals surface area contributed by atoms with Gasteiger partial charge in [0.05, 0.1) is 5.69 Å². The number of anilines is 1. The van der Waals surface area contributed by atoms with Gasteiger partial charge in [-0.05, 0) is 16.0 Å². The number of likely N-dealkylation sites (N-methyl/N-ethyl adjacent to an activating group) is 1. The number of carboxylic acid groups (broad SMARTS) is 1. The molecule has 0 aliphatic rings. The van der Waals surface area contributed by atoms with Crippen LogP contribution in [0.25, 0.3) is 0 Å². The fourth-order valence-electron chi connectivity index (χ4n) is 1.01. The number of aliphatic carboxylic acids is 1. The first kappa shape index (κ1) is 10.9. The maximum absolute atomic E-state index is 10.4. The van der Waals surface area contributed by atoms with Gasteiger partial charge in [0.1, 0.15) is 6.54 Å². The summed E-state index contributed by atoms with van der Waals surface area (Å²) in [5.41, 5.74) is 0.517. The normalized spacial score (nSPS) is 9.67. The highest BCUT2D eigenvalue weighted by Gasteiger charge is 2.10. The second-order valence-electron chi connectivity index (χ2n) is 2.88. The second-order valence-corrected chi connectivity index (χ2v) is 2.88. The Hall–Kier alpha value is -2.18. The van der Waals surface area contributed by atoms with E-state index in [1.54, 1.807) is 7.05 Å². The van der Waals surface area contributed by atoms with E-state index in [4.69, 9.17) is 5.11 Å². The Kier molecular flexibility index (Phi) is 3.17. The molecule has 7 nitrogen and oxygen atoms in total. The van der Waals surface area contributed by atoms with Gasteiger partial charge in [-0.15, -0.1) is 0 Å². The molecular weight excluding hydrogens is 202 g/mol. The van der Waals surface area contributed by atoms with Crippen molar-refractivity contribution >= 4 is 17.5 Å². The summed E-state index contributed by atoms with van der Waals surface area (Å²) in [6.45, 7) is -0.181. The molecule has 0 spiro atoms. The molecule has 7 heteroatoms. The Labute approximate surface area is 85.1 Å². The van der Waals surface area contributed by atoms with Crippen LogP contribution in [0.1, 0.15) is 0 Å². The summed E-state index contributed by atoms with van der Waals surface area (Å²) in [6.07, 6.45) is 1.26. The Morgan fingerprint density at radius 3 is 2.73 bits per heavy atom. The van der Waals surface area contributed by atoms with Gasteiger partial charge in [-0.25, -0.2) is 0 Å². The molecule has 0 unspecified atom stereocenters. The number of hydrogen-bond donors (Lipinski definition) is 1. The predicted molar refractivity (Wildman–Crippen MR) is 51.8 cm³/mol. The lowest BCUT2D eigenvalue weighted by Crippen LogP contribution is -2.25. The Balaban J connectivity index is 2.79. The number of carbonyl (C=O) groups is 1. The topological polar surface area (TPSA) is 96.6 Å². The second kappa shape index (κ2) is 4.36. The van der Waals surface area contributed by atoms with Gasteiger partial charge in [-0.2, -0.15) is 0 Å². The molecule has 0 amide bonds. The zero-order valence-corrected chi connectivity index (χ0v) is 7.95. The van der Waals surface area contributed by atoms with E-state index in [9.17, 15) is 14.9 Å². The molecule has 1 aromatic heterocycles. The first-order valence-corrected chi connectivity index (χ1v) is 4.04. The molecule has 0 aliphatic heterocycles. The molecule has 1 aromatic rings. The molecule has 0 saturated carbocycles. The highest BCUT2D eigenvalue weighted by atomic mass is 16.6. The standard InChI is InChI=1S/C8H9N3O4/c1-10(5-8(12)13)6-2-3-7(9-4-6)11(14)15/h2-4H,5H2,1H3,(H,12,13). The molecular formula is C8H9N3O4. The largest absolute Gasteiger partial charge is 0.480 e. The lowest BCUT2D eigenvalue weighted by molar-refractivity contribution is -0.389. The molecule has 0 fully saturated rings. The van der Waals surface area contributed by atoms with Gasteiger partial charge in [0, 0.05) is 13.1 Å². The lowest BCUT2D eigenvalue weighted by Gasteiger charge is -2.14. The van der Waals surface area contributed by atoms with Gasteiger partial charge in [-0.1, -0.05) is 0 Å². The first-order chi connectivity index (χ1) is 7.00. The van der Waals surface area contributed by atoms with Gasteiger partial charge < -0.3 is 20.1 Å². The van der Waals surface area contributed by atoms with Crippen LogP contribution in [0.5, 0.6) is 0 Å². The molecule has 1 N–H and O–H groups in total. The van der Waals surface area contributed by atoms with Crippen molar-refractivity contribution in [3.8, 4) is 0 Å². The van der Waals surface area contributed by atoms with Crippen LogP contribution < -0.4 is 4.90 Å². The smallest absolute Gasteiger partial charge is 0.363 e. The van der Waals surface area contributed by atoms with Gasteiger partial charge in [0.25, 0.3) is 0 Å². The molecule has 0 bridgehead atoms. The van der Waals surface area contributed by atoms with E-state index in [0.29, 0.717) is 5.69 Å². The van der Waals surface area contributed by atoms with E-state index >= 15 is 0 Å².